The number of anilines is 1. The molecule has 0 aromatic heterocycles. The molecule has 26 heavy (non-hydrogen) atoms. The van der Waals surface area contributed by atoms with Crippen LogP contribution in [0.1, 0.15) is 32.1 Å². The highest BCUT2D eigenvalue weighted by Crippen LogP contribution is 2.28. The van der Waals surface area contributed by atoms with Crippen LogP contribution in [0, 0.1) is 5.92 Å². The first kappa shape index (κ1) is 17.2. The van der Waals surface area contributed by atoms with Gasteiger partial charge in [0.25, 0.3) is 0 Å². The molecule has 3 aliphatic rings. The summed E-state index contributed by atoms with van der Waals surface area (Å²) in [5, 5.41) is 14.2. The third kappa shape index (κ3) is 3.38. The van der Waals surface area contributed by atoms with Crippen LogP contribution in [0.3, 0.4) is 0 Å². The molecule has 0 radical (unpaired) electrons. The first-order chi connectivity index (χ1) is 12.6. The van der Waals surface area contributed by atoms with Crippen LogP contribution in [-0.2, 0) is 9.59 Å². The van der Waals surface area contributed by atoms with Crippen LogP contribution < -0.4 is 20.8 Å². The Balaban J connectivity index is 1.58. The SMILES string of the molecule is O=C(O)C1N=c2cc(N3CCNC(C4CCCCC4)C3)ccc2=CC1=O. The number of nitrogens with zero attached hydrogens (tertiary/aromatic N) is 2. The first-order valence-corrected chi connectivity index (χ1v) is 9.56. The zero-order valence-electron chi connectivity index (χ0n) is 14.9. The van der Waals surface area contributed by atoms with Crippen LogP contribution in [0.5, 0.6) is 0 Å². The van der Waals surface area contributed by atoms with Crippen molar-refractivity contribution in [2.24, 2.45) is 10.9 Å². The van der Waals surface area contributed by atoms with Crippen molar-refractivity contribution in [1.29, 1.82) is 0 Å². The Kier molecular flexibility index (Phi) is 4.76. The Morgan fingerprint density at radius 3 is 2.81 bits per heavy atom. The summed E-state index contributed by atoms with van der Waals surface area (Å²) in [6, 6.07) is 5.02. The van der Waals surface area contributed by atoms with Gasteiger partial charge in [-0.3, -0.25) is 9.79 Å². The van der Waals surface area contributed by atoms with E-state index in [4.69, 9.17) is 0 Å². The van der Waals surface area contributed by atoms with Gasteiger partial charge in [-0.25, -0.2) is 4.79 Å². The molecular formula is C20H25N3O3. The first-order valence-electron chi connectivity index (χ1n) is 9.56. The van der Waals surface area contributed by atoms with E-state index in [2.05, 4.69) is 15.2 Å². The number of rotatable bonds is 3. The Morgan fingerprint density at radius 1 is 1.23 bits per heavy atom. The van der Waals surface area contributed by atoms with Crippen molar-refractivity contribution in [2.45, 2.75) is 44.2 Å². The lowest BCUT2D eigenvalue weighted by Gasteiger charge is -2.40. The molecule has 2 unspecified atom stereocenters. The third-order valence-corrected chi connectivity index (χ3v) is 5.87. The largest absolute Gasteiger partial charge is 0.479 e. The molecule has 0 spiro atoms. The van der Waals surface area contributed by atoms with Crippen LogP contribution in [0.15, 0.2) is 23.2 Å². The van der Waals surface area contributed by atoms with E-state index in [0.717, 1.165) is 31.2 Å². The molecule has 2 N–H and O–H groups in total. The number of piperazine rings is 1. The van der Waals surface area contributed by atoms with Gasteiger partial charge in [-0.1, -0.05) is 25.3 Å². The quantitative estimate of drug-likeness (QED) is 0.771. The molecule has 0 bridgehead atoms. The summed E-state index contributed by atoms with van der Waals surface area (Å²) >= 11 is 0. The van der Waals surface area contributed by atoms with Crippen molar-refractivity contribution in [3.8, 4) is 0 Å². The zero-order chi connectivity index (χ0) is 18.1. The van der Waals surface area contributed by atoms with Crippen molar-refractivity contribution in [2.75, 3.05) is 24.5 Å². The van der Waals surface area contributed by atoms with Crippen molar-refractivity contribution in [3.05, 3.63) is 28.8 Å². The van der Waals surface area contributed by atoms with E-state index in [1.807, 2.05) is 18.2 Å². The second-order valence-corrected chi connectivity index (χ2v) is 7.56. The van der Waals surface area contributed by atoms with E-state index in [1.54, 1.807) is 0 Å². The average Bonchev–Trinajstić information content (AvgIpc) is 2.68. The predicted octanol–water partition coefficient (Wildman–Crippen LogP) is 0.481. The van der Waals surface area contributed by atoms with Gasteiger partial charge in [-0.15, -0.1) is 0 Å². The molecule has 138 valence electrons. The Hall–Kier alpha value is -2.21. The fourth-order valence-electron chi connectivity index (χ4n) is 4.44. The Morgan fingerprint density at radius 2 is 2.04 bits per heavy atom. The maximum atomic E-state index is 11.9. The van der Waals surface area contributed by atoms with Gasteiger partial charge in [0, 0.05) is 36.6 Å². The highest BCUT2D eigenvalue weighted by Gasteiger charge is 2.29. The summed E-state index contributed by atoms with van der Waals surface area (Å²) in [6.45, 7) is 2.85. The van der Waals surface area contributed by atoms with E-state index >= 15 is 0 Å². The molecule has 6 nitrogen and oxygen atoms in total. The van der Waals surface area contributed by atoms with E-state index in [9.17, 15) is 14.7 Å². The van der Waals surface area contributed by atoms with Crippen LogP contribution in [0.4, 0.5) is 5.69 Å². The molecule has 4 rings (SSSR count). The molecule has 0 amide bonds. The number of Topliss-reactive ketones (excluding diaryl/α,β-unsaturated/α-hetero) is 1. The smallest absolute Gasteiger partial charge is 0.336 e. The molecule has 2 atom stereocenters. The number of benzene rings is 1. The molecule has 2 fully saturated rings. The number of carbonyl (C=O) groups is 2. The van der Waals surface area contributed by atoms with Gasteiger partial charge in [0.2, 0.25) is 6.04 Å². The van der Waals surface area contributed by atoms with Gasteiger partial charge in [-0.2, -0.15) is 0 Å². The van der Waals surface area contributed by atoms with Crippen molar-refractivity contribution in [1.82, 2.24) is 5.32 Å². The molecule has 1 aromatic carbocycles. The minimum atomic E-state index is -1.31. The minimum absolute atomic E-state index is 0.461. The third-order valence-electron chi connectivity index (χ3n) is 5.87. The summed E-state index contributed by atoms with van der Waals surface area (Å²) in [4.78, 5) is 29.6. The van der Waals surface area contributed by atoms with E-state index < -0.39 is 17.8 Å². The zero-order valence-corrected chi connectivity index (χ0v) is 14.9. The number of fused-ring (bicyclic) bond motifs is 1. The van der Waals surface area contributed by atoms with Gasteiger partial charge < -0.3 is 15.3 Å². The lowest BCUT2D eigenvalue weighted by molar-refractivity contribution is -0.140. The number of ketones is 1. The molecule has 1 aliphatic carbocycles. The molecule has 1 aromatic rings. The van der Waals surface area contributed by atoms with Crippen LogP contribution >= 0.6 is 0 Å². The van der Waals surface area contributed by atoms with Gasteiger partial charge in [-0.05, 0) is 37.0 Å². The van der Waals surface area contributed by atoms with Crippen molar-refractivity contribution >= 4 is 23.5 Å². The fraction of sp³-hybridized carbons (Fsp3) is 0.550. The van der Waals surface area contributed by atoms with Gasteiger partial charge in [0.1, 0.15) is 0 Å². The average molecular weight is 355 g/mol. The Bertz CT molecular complexity index is 829. The number of hydrogen-bond acceptors (Lipinski definition) is 5. The summed E-state index contributed by atoms with van der Waals surface area (Å²) < 4.78 is 0. The highest BCUT2D eigenvalue weighted by molar-refractivity contribution is 6.18. The van der Waals surface area contributed by atoms with Gasteiger partial charge in [0.15, 0.2) is 5.78 Å². The number of carboxylic acid groups (broad SMARTS) is 1. The number of hydrogen-bond donors (Lipinski definition) is 2. The second kappa shape index (κ2) is 7.19. The molecule has 1 saturated carbocycles. The summed E-state index contributed by atoms with van der Waals surface area (Å²) in [6.07, 6.45) is 8.04. The van der Waals surface area contributed by atoms with Crippen molar-refractivity contribution < 1.29 is 14.7 Å². The summed E-state index contributed by atoms with van der Waals surface area (Å²) in [5.41, 5.74) is 1.06. The predicted molar refractivity (Wildman–Crippen MR) is 98.7 cm³/mol. The Labute approximate surface area is 152 Å². The van der Waals surface area contributed by atoms with E-state index in [1.165, 1.54) is 38.2 Å². The molecular weight excluding hydrogens is 330 g/mol. The molecule has 1 saturated heterocycles. The maximum Gasteiger partial charge on any atom is 0.336 e. The van der Waals surface area contributed by atoms with E-state index in [-0.39, 0.29) is 0 Å². The maximum absolute atomic E-state index is 11.9. The van der Waals surface area contributed by atoms with Crippen LogP contribution in [-0.4, -0.2) is 48.6 Å². The van der Waals surface area contributed by atoms with Crippen molar-refractivity contribution in [3.63, 3.8) is 0 Å². The van der Waals surface area contributed by atoms with E-state index in [0.29, 0.717) is 16.6 Å². The van der Waals surface area contributed by atoms with Crippen LogP contribution in [0.25, 0.3) is 6.08 Å². The second-order valence-electron chi connectivity index (χ2n) is 7.56. The number of carboxylic acids is 1. The summed E-state index contributed by atoms with van der Waals surface area (Å²) in [7, 11) is 0. The highest BCUT2D eigenvalue weighted by atomic mass is 16.4. The lowest BCUT2D eigenvalue weighted by Crippen LogP contribution is -2.54. The number of nitrogens with one attached hydrogen (secondary N) is 1. The topological polar surface area (TPSA) is 82.0 Å². The number of aliphatic carboxylic acids is 1. The van der Waals surface area contributed by atoms with Gasteiger partial charge >= 0.3 is 5.97 Å². The molecule has 6 heteroatoms. The molecule has 2 aliphatic heterocycles. The monoisotopic (exact) mass is 355 g/mol. The van der Waals surface area contributed by atoms with Crippen LogP contribution in [0.2, 0.25) is 0 Å². The molecule has 2 heterocycles. The van der Waals surface area contributed by atoms with Gasteiger partial charge in [0.05, 0.1) is 5.36 Å². The minimum Gasteiger partial charge on any atom is -0.479 e. The summed E-state index contributed by atoms with van der Waals surface area (Å²) in [5.74, 6) is -0.907. The number of carbonyl (C=O) groups excluding carboxylic acids is 1. The normalized spacial score (nSPS) is 26.6. The fourth-order valence-corrected chi connectivity index (χ4v) is 4.44. The standard InChI is InChI=1S/C20H25N3O3/c24-18-10-14-6-7-15(11-16(14)22-19(18)20(25)26)23-9-8-21-17(12-23)13-4-2-1-3-5-13/h6-7,10-11,13,17,19,21H,1-5,8-9,12H2,(H,25,26). The lowest BCUT2D eigenvalue weighted by atomic mass is 9.83.